The van der Waals surface area contributed by atoms with Gasteiger partial charge in [0.15, 0.2) is 0 Å². The fraction of sp³-hybridized carbons (Fsp3) is 0.591. The van der Waals surface area contributed by atoms with Crippen molar-refractivity contribution in [2.75, 3.05) is 39.4 Å². The van der Waals surface area contributed by atoms with Crippen molar-refractivity contribution in [2.24, 2.45) is 0 Å². The summed E-state index contributed by atoms with van der Waals surface area (Å²) in [7, 11) is 0. The number of rotatable bonds is 5. The number of morpholine rings is 1. The van der Waals surface area contributed by atoms with Crippen LogP contribution in [0.25, 0.3) is 10.9 Å². The second-order valence-corrected chi connectivity index (χ2v) is 7.78. The maximum atomic E-state index is 13.2. The number of hydrogen-bond acceptors (Lipinski definition) is 3. The molecule has 2 aliphatic rings. The van der Waals surface area contributed by atoms with E-state index in [1.807, 2.05) is 0 Å². The Morgan fingerprint density at radius 2 is 1.96 bits per heavy atom. The molecule has 1 aromatic carbocycles. The molecule has 0 saturated carbocycles. The van der Waals surface area contributed by atoms with E-state index in [2.05, 4.69) is 51.8 Å². The second kappa shape index (κ2) is 8.44. The number of carbonyl (C=O) groups excluding carboxylic acids is 1. The Balaban J connectivity index is 1.49. The largest absolute Gasteiger partial charge is 0.379 e. The first kappa shape index (κ1) is 18.5. The molecule has 2 fully saturated rings. The molecule has 0 N–H and O–H groups in total. The summed E-state index contributed by atoms with van der Waals surface area (Å²) in [6.07, 6.45) is 6.16. The number of hydrogen-bond donors (Lipinski definition) is 0. The van der Waals surface area contributed by atoms with E-state index in [0.717, 1.165) is 64.3 Å². The lowest BCUT2D eigenvalue weighted by atomic mass is 10.00. The molecule has 27 heavy (non-hydrogen) atoms. The van der Waals surface area contributed by atoms with E-state index in [1.54, 1.807) is 0 Å². The fourth-order valence-corrected chi connectivity index (χ4v) is 4.59. The highest BCUT2D eigenvalue weighted by molar-refractivity contribution is 5.89. The van der Waals surface area contributed by atoms with Crippen LogP contribution in [-0.4, -0.2) is 65.7 Å². The van der Waals surface area contributed by atoms with Crippen LogP contribution in [0.4, 0.5) is 0 Å². The third-order valence-electron chi connectivity index (χ3n) is 6.07. The van der Waals surface area contributed by atoms with Crippen LogP contribution in [-0.2, 0) is 22.5 Å². The summed E-state index contributed by atoms with van der Waals surface area (Å²) in [6, 6.07) is 8.78. The number of aryl methyl sites for hydroxylation is 1. The summed E-state index contributed by atoms with van der Waals surface area (Å²) in [5.74, 6) is 0.284. The molecule has 0 radical (unpaired) electrons. The van der Waals surface area contributed by atoms with Gasteiger partial charge in [0.25, 0.3) is 0 Å². The number of likely N-dealkylation sites (tertiary alicyclic amines) is 1. The van der Waals surface area contributed by atoms with Gasteiger partial charge in [-0.15, -0.1) is 0 Å². The Kier molecular flexibility index (Phi) is 5.79. The van der Waals surface area contributed by atoms with Gasteiger partial charge < -0.3 is 14.2 Å². The lowest BCUT2D eigenvalue weighted by Crippen LogP contribution is -2.51. The van der Waals surface area contributed by atoms with E-state index in [9.17, 15) is 4.79 Å². The number of nitrogens with zero attached hydrogens (tertiary/aromatic N) is 3. The number of carbonyl (C=O) groups is 1. The van der Waals surface area contributed by atoms with Gasteiger partial charge in [-0.2, -0.15) is 0 Å². The first-order valence-electron chi connectivity index (χ1n) is 10.4. The molecule has 2 aromatic rings. The maximum Gasteiger partial charge on any atom is 0.227 e. The Hall–Kier alpha value is -1.85. The molecule has 2 aliphatic heterocycles. The van der Waals surface area contributed by atoms with Gasteiger partial charge >= 0.3 is 0 Å². The predicted molar refractivity (Wildman–Crippen MR) is 108 cm³/mol. The molecule has 5 heteroatoms. The van der Waals surface area contributed by atoms with Gasteiger partial charge in [0.05, 0.1) is 19.6 Å². The quantitative estimate of drug-likeness (QED) is 0.813. The van der Waals surface area contributed by atoms with Crippen LogP contribution in [0.5, 0.6) is 0 Å². The van der Waals surface area contributed by atoms with Crippen LogP contribution in [0.15, 0.2) is 30.5 Å². The van der Waals surface area contributed by atoms with Crippen LogP contribution < -0.4 is 0 Å². The van der Waals surface area contributed by atoms with E-state index in [1.165, 1.54) is 17.3 Å². The number of piperidine rings is 1. The summed E-state index contributed by atoms with van der Waals surface area (Å²) in [5.41, 5.74) is 2.39. The summed E-state index contributed by atoms with van der Waals surface area (Å²) in [6.45, 7) is 8.59. The molecular weight excluding hydrogens is 338 g/mol. The minimum atomic E-state index is 0.284. The zero-order chi connectivity index (χ0) is 18.6. The predicted octanol–water partition coefficient (Wildman–Crippen LogP) is 2.92. The van der Waals surface area contributed by atoms with Crippen molar-refractivity contribution in [3.63, 3.8) is 0 Å². The molecule has 5 nitrogen and oxygen atoms in total. The topological polar surface area (TPSA) is 37.7 Å². The molecule has 1 aromatic heterocycles. The summed E-state index contributed by atoms with van der Waals surface area (Å²) in [5, 5.41) is 1.22. The van der Waals surface area contributed by atoms with Crippen molar-refractivity contribution in [1.82, 2.24) is 14.4 Å². The van der Waals surface area contributed by atoms with Crippen LogP contribution in [0, 0.1) is 0 Å². The zero-order valence-corrected chi connectivity index (χ0v) is 16.4. The van der Waals surface area contributed by atoms with E-state index < -0.39 is 0 Å². The zero-order valence-electron chi connectivity index (χ0n) is 16.4. The van der Waals surface area contributed by atoms with Gasteiger partial charge in [0, 0.05) is 55.9 Å². The Morgan fingerprint density at radius 3 is 2.78 bits per heavy atom. The van der Waals surface area contributed by atoms with Crippen molar-refractivity contribution in [2.45, 2.75) is 45.2 Å². The normalized spacial score (nSPS) is 21.7. The standard InChI is InChI=1S/C22H31N3O2/c1-2-24-16-18(20-8-3-4-9-21(20)24)15-22(26)25-10-6-5-7-19(25)17-23-11-13-27-14-12-23/h3-4,8-9,16,19H,2,5-7,10-15,17H2,1H3/t19-/m1/s1. The first-order chi connectivity index (χ1) is 13.3. The minimum absolute atomic E-state index is 0.284. The third-order valence-corrected chi connectivity index (χ3v) is 6.07. The van der Waals surface area contributed by atoms with Crippen molar-refractivity contribution in [3.05, 3.63) is 36.0 Å². The number of benzene rings is 1. The van der Waals surface area contributed by atoms with E-state index in [-0.39, 0.29) is 5.91 Å². The Bertz CT molecular complexity index is 779. The summed E-state index contributed by atoms with van der Waals surface area (Å²) >= 11 is 0. The molecule has 0 bridgehead atoms. The van der Waals surface area contributed by atoms with Crippen molar-refractivity contribution >= 4 is 16.8 Å². The Morgan fingerprint density at radius 1 is 1.15 bits per heavy atom. The monoisotopic (exact) mass is 369 g/mol. The highest BCUT2D eigenvalue weighted by Crippen LogP contribution is 2.24. The Labute approximate surface area is 161 Å². The lowest BCUT2D eigenvalue weighted by Gasteiger charge is -2.39. The van der Waals surface area contributed by atoms with E-state index in [0.29, 0.717) is 12.5 Å². The summed E-state index contributed by atoms with van der Waals surface area (Å²) in [4.78, 5) is 17.9. The highest BCUT2D eigenvalue weighted by Gasteiger charge is 2.29. The molecule has 1 amide bonds. The van der Waals surface area contributed by atoms with Gasteiger partial charge in [0.1, 0.15) is 0 Å². The van der Waals surface area contributed by atoms with Crippen molar-refractivity contribution < 1.29 is 9.53 Å². The number of para-hydroxylation sites is 1. The molecule has 2 saturated heterocycles. The molecule has 146 valence electrons. The lowest BCUT2D eigenvalue weighted by molar-refractivity contribution is -0.134. The molecular formula is C22H31N3O2. The van der Waals surface area contributed by atoms with Crippen LogP contribution in [0.3, 0.4) is 0 Å². The molecule has 0 aliphatic carbocycles. The number of aromatic nitrogens is 1. The van der Waals surface area contributed by atoms with Crippen LogP contribution in [0.2, 0.25) is 0 Å². The molecule has 0 unspecified atom stereocenters. The smallest absolute Gasteiger partial charge is 0.227 e. The number of amides is 1. The number of fused-ring (bicyclic) bond motifs is 1. The molecule has 4 rings (SSSR count). The molecule has 1 atom stereocenters. The molecule has 0 spiro atoms. The fourth-order valence-electron chi connectivity index (χ4n) is 4.59. The third kappa shape index (κ3) is 4.04. The highest BCUT2D eigenvalue weighted by atomic mass is 16.5. The van der Waals surface area contributed by atoms with Crippen LogP contribution in [0.1, 0.15) is 31.7 Å². The van der Waals surface area contributed by atoms with Crippen molar-refractivity contribution in [1.29, 1.82) is 0 Å². The van der Waals surface area contributed by atoms with Gasteiger partial charge in [-0.25, -0.2) is 0 Å². The maximum absolute atomic E-state index is 13.2. The van der Waals surface area contributed by atoms with Gasteiger partial charge in [-0.05, 0) is 37.8 Å². The minimum Gasteiger partial charge on any atom is -0.379 e. The SMILES string of the molecule is CCn1cc(CC(=O)N2CCCC[C@@H]2CN2CCOCC2)c2ccccc21. The first-order valence-corrected chi connectivity index (χ1v) is 10.4. The average Bonchev–Trinajstić information content (AvgIpc) is 3.07. The van der Waals surface area contributed by atoms with Crippen LogP contribution >= 0.6 is 0 Å². The molecule has 3 heterocycles. The van der Waals surface area contributed by atoms with E-state index >= 15 is 0 Å². The van der Waals surface area contributed by atoms with Crippen molar-refractivity contribution in [3.8, 4) is 0 Å². The summed E-state index contributed by atoms with van der Waals surface area (Å²) < 4.78 is 7.72. The van der Waals surface area contributed by atoms with Gasteiger partial charge in [-0.1, -0.05) is 18.2 Å². The average molecular weight is 370 g/mol. The van der Waals surface area contributed by atoms with Gasteiger partial charge in [0.2, 0.25) is 5.91 Å². The van der Waals surface area contributed by atoms with Gasteiger partial charge in [-0.3, -0.25) is 9.69 Å². The van der Waals surface area contributed by atoms with E-state index in [4.69, 9.17) is 4.74 Å². The second-order valence-electron chi connectivity index (χ2n) is 7.78. The number of ether oxygens (including phenoxy) is 1.